The number of rotatable bonds is 4. The minimum atomic E-state index is -0.0901. The Morgan fingerprint density at radius 3 is 2.78 bits per heavy atom. The molecule has 0 aliphatic rings. The van der Waals surface area contributed by atoms with E-state index in [1.165, 1.54) is 10.9 Å². The Bertz CT molecular complexity index is 535. The van der Waals surface area contributed by atoms with E-state index in [2.05, 4.69) is 36.3 Å². The molecule has 0 amide bonds. The van der Waals surface area contributed by atoms with E-state index in [0.29, 0.717) is 0 Å². The van der Waals surface area contributed by atoms with Crippen LogP contribution in [0, 0.1) is 0 Å². The fourth-order valence-corrected chi connectivity index (χ4v) is 1.76. The van der Waals surface area contributed by atoms with E-state index in [0.717, 1.165) is 12.1 Å². The smallest absolute Gasteiger partial charge is 0.0702 e. The Kier molecular flexibility index (Phi) is 3.88. The van der Waals surface area contributed by atoms with Gasteiger partial charge in [0.25, 0.3) is 0 Å². The van der Waals surface area contributed by atoms with Gasteiger partial charge >= 0.3 is 0 Å². The average Bonchev–Trinajstić information content (AvgIpc) is 2.36. The fraction of sp³-hybridized carbons (Fsp3) is 0.400. The van der Waals surface area contributed by atoms with Crippen molar-refractivity contribution in [3.8, 4) is 0 Å². The van der Waals surface area contributed by atoms with Crippen LogP contribution >= 0.6 is 11.6 Å². The molecule has 1 aromatic heterocycles. The van der Waals surface area contributed by atoms with E-state index in [9.17, 15) is 0 Å². The number of hydrogen-bond donors (Lipinski definition) is 1. The van der Waals surface area contributed by atoms with Gasteiger partial charge < -0.3 is 5.32 Å². The molecule has 2 rings (SSSR count). The SMILES string of the molecule is CC(Cl)C(C)(C)NCc1cnc2ccccc2c1. The number of aromatic nitrogens is 1. The predicted octanol–water partition coefficient (Wildman–Crippen LogP) is 3.73. The van der Waals surface area contributed by atoms with Gasteiger partial charge in [-0.15, -0.1) is 11.6 Å². The van der Waals surface area contributed by atoms with Gasteiger partial charge in [0.2, 0.25) is 0 Å². The van der Waals surface area contributed by atoms with Gasteiger partial charge in [0.05, 0.1) is 5.52 Å². The quantitative estimate of drug-likeness (QED) is 0.850. The van der Waals surface area contributed by atoms with Crippen LogP contribution in [-0.2, 0) is 6.54 Å². The lowest BCUT2D eigenvalue weighted by atomic mass is 10.0. The van der Waals surface area contributed by atoms with Crippen molar-refractivity contribution >= 4 is 22.5 Å². The first kappa shape index (κ1) is 13.3. The number of hydrogen-bond acceptors (Lipinski definition) is 2. The van der Waals surface area contributed by atoms with Crippen molar-refractivity contribution in [1.29, 1.82) is 0 Å². The number of pyridine rings is 1. The van der Waals surface area contributed by atoms with Gasteiger partial charge in [-0.3, -0.25) is 4.98 Å². The van der Waals surface area contributed by atoms with Crippen molar-refractivity contribution < 1.29 is 0 Å². The van der Waals surface area contributed by atoms with Crippen LogP contribution in [0.2, 0.25) is 0 Å². The highest BCUT2D eigenvalue weighted by atomic mass is 35.5. The summed E-state index contributed by atoms with van der Waals surface area (Å²) in [6.07, 6.45) is 1.92. The molecule has 0 saturated carbocycles. The van der Waals surface area contributed by atoms with E-state index >= 15 is 0 Å². The average molecular weight is 263 g/mol. The van der Waals surface area contributed by atoms with Crippen molar-refractivity contribution in [3.05, 3.63) is 42.1 Å². The standard InChI is InChI=1S/C15H19ClN2/c1-11(16)15(2,3)18-10-12-8-13-6-4-5-7-14(13)17-9-12/h4-9,11,18H,10H2,1-3H3. The topological polar surface area (TPSA) is 24.9 Å². The van der Waals surface area contributed by atoms with Crippen LogP contribution in [0.1, 0.15) is 26.3 Å². The molecule has 0 spiro atoms. The summed E-state index contributed by atoms with van der Waals surface area (Å²) in [5.41, 5.74) is 2.12. The van der Waals surface area contributed by atoms with E-state index in [1.807, 2.05) is 31.3 Å². The second-order valence-electron chi connectivity index (χ2n) is 5.23. The van der Waals surface area contributed by atoms with Crippen LogP contribution in [0.15, 0.2) is 36.5 Å². The Morgan fingerprint density at radius 2 is 2.06 bits per heavy atom. The number of para-hydroxylation sites is 1. The van der Waals surface area contributed by atoms with Crippen LogP contribution < -0.4 is 5.32 Å². The molecule has 3 heteroatoms. The Morgan fingerprint density at radius 1 is 1.33 bits per heavy atom. The van der Waals surface area contributed by atoms with Crippen molar-refractivity contribution in [2.75, 3.05) is 0 Å². The van der Waals surface area contributed by atoms with Crippen LogP contribution in [0.4, 0.5) is 0 Å². The Balaban J connectivity index is 2.13. The zero-order valence-electron chi connectivity index (χ0n) is 11.1. The van der Waals surface area contributed by atoms with E-state index in [1.54, 1.807) is 0 Å². The largest absolute Gasteiger partial charge is 0.306 e. The fourth-order valence-electron chi connectivity index (χ4n) is 1.68. The lowest BCUT2D eigenvalue weighted by Crippen LogP contribution is -2.45. The number of benzene rings is 1. The second-order valence-corrected chi connectivity index (χ2v) is 5.88. The maximum atomic E-state index is 6.15. The minimum absolute atomic E-state index is 0.0749. The third-order valence-electron chi connectivity index (χ3n) is 3.39. The summed E-state index contributed by atoms with van der Waals surface area (Å²) >= 11 is 6.15. The molecule has 0 bridgehead atoms. The first-order chi connectivity index (χ1) is 8.49. The summed E-state index contributed by atoms with van der Waals surface area (Å²) in [5, 5.41) is 4.72. The van der Waals surface area contributed by atoms with Crippen LogP contribution in [0.3, 0.4) is 0 Å². The van der Waals surface area contributed by atoms with Gasteiger partial charge in [0, 0.05) is 29.0 Å². The molecule has 0 radical (unpaired) electrons. The molecule has 0 aliphatic carbocycles. The second kappa shape index (κ2) is 5.25. The summed E-state index contributed by atoms with van der Waals surface area (Å²) < 4.78 is 0. The molecule has 1 aromatic carbocycles. The molecular weight excluding hydrogens is 244 g/mol. The van der Waals surface area contributed by atoms with Crippen LogP contribution in [0.25, 0.3) is 10.9 Å². The molecular formula is C15H19ClN2. The number of nitrogens with zero attached hydrogens (tertiary/aromatic N) is 1. The third kappa shape index (κ3) is 3.01. The van der Waals surface area contributed by atoms with Crippen LogP contribution in [0.5, 0.6) is 0 Å². The summed E-state index contributed by atoms with van der Waals surface area (Å²) in [7, 11) is 0. The summed E-state index contributed by atoms with van der Waals surface area (Å²) in [6.45, 7) is 7.01. The maximum Gasteiger partial charge on any atom is 0.0702 e. The molecule has 0 fully saturated rings. The van der Waals surface area contributed by atoms with Crippen molar-refractivity contribution in [3.63, 3.8) is 0 Å². The van der Waals surface area contributed by atoms with Gasteiger partial charge in [-0.05, 0) is 38.5 Å². The highest BCUT2D eigenvalue weighted by molar-refractivity contribution is 6.21. The van der Waals surface area contributed by atoms with Gasteiger partial charge in [-0.2, -0.15) is 0 Å². The van der Waals surface area contributed by atoms with E-state index in [-0.39, 0.29) is 10.9 Å². The molecule has 1 heterocycles. The van der Waals surface area contributed by atoms with Crippen molar-refractivity contribution in [1.82, 2.24) is 10.3 Å². The summed E-state index contributed by atoms with van der Waals surface area (Å²) in [4.78, 5) is 4.45. The molecule has 1 unspecified atom stereocenters. The van der Waals surface area contributed by atoms with Gasteiger partial charge in [0.15, 0.2) is 0 Å². The van der Waals surface area contributed by atoms with Crippen LogP contribution in [-0.4, -0.2) is 15.9 Å². The van der Waals surface area contributed by atoms with Gasteiger partial charge in [0.1, 0.15) is 0 Å². The number of nitrogens with one attached hydrogen (secondary N) is 1. The third-order valence-corrected chi connectivity index (χ3v) is 3.94. The molecule has 18 heavy (non-hydrogen) atoms. The van der Waals surface area contributed by atoms with Gasteiger partial charge in [-0.1, -0.05) is 18.2 Å². The Hall–Kier alpha value is -1.12. The summed E-state index contributed by atoms with van der Waals surface area (Å²) in [6, 6.07) is 10.3. The molecule has 1 atom stereocenters. The zero-order valence-corrected chi connectivity index (χ0v) is 11.8. The van der Waals surface area contributed by atoms with Crippen molar-refractivity contribution in [2.45, 2.75) is 38.2 Å². The molecule has 2 aromatic rings. The molecule has 0 saturated heterocycles. The lowest BCUT2D eigenvalue weighted by molar-refractivity contribution is 0.380. The maximum absolute atomic E-state index is 6.15. The zero-order chi connectivity index (χ0) is 13.2. The first-order valence-electron chi connectivity index (χ1n) is 6.22. The normalized spacial score (nSPS) is 13.8. The number of alkyl halides is 1. The minimum Gasteiger partial charge on any atom is -0.306 e. The predicted molar refractivity (Wildman–Crippen MR) is 78.0 cm³/mol. The van der Waals surface area contributed by atoms with Gasteiger partial charge in [-0.25, -0.2) is 0 Å². The molecule has 0 aliphatic heterocycles. The van der Waals surface area contributed by atoms with E-state index < -0.39 is 0 Å². The van der Waals surface area contributed by atoms with Crippen molar-refractivity contribution in [2.24, 2.45) is 0 Å². The molecule has 2 nitrogen and oxygen atoms in total. The first-order valence-corrected chi connectivity index (χ1v) is 6.65. The summed E-state index contributed by atoms with van der Waals surface area (Å²) in [5.74, 6) is 0. The number of fused-ring (bicyclic) bond motifs is 1. The molecule has 1 N–H and O–H groups in total. The van der Waals surface area contributed by atoms with E-state index in [4.69, 9.17) is 11.6 Å². The number of halogens is 1. The lowest BCUT2D eigenvalue weighted by Gasteiger charge is -2.29. The monoisotopic (exact) mass is 262 g/mol. The Labute approximate surface area is 113 Å². The highest BCUT2D eigenvalue weighted by Crippen LogP contribution is 2.17. The molecule has 96 valence electrons. The highest BCUT2D eigenvalue weighted by Gasteiger charge is 2.22.